The molecular formula is C10H9N5S. The maximum Gasteiger partial charge on any atom is 0.225 e. The van der Waals surface area contributed by atoms with Gasteiger partial charge in [-0.3, -0.25) is 0 Å². The summed E-state index contributed by atoms with van der Waals surface area (Å²) in [5.74, 6) is 0. The van der Waals surface area contributed by atoms with Crippen molar-refractivity contribution in [2.45, 2.75) is 6.42 Å². The van der Waals surface area contributed by atoms with Crippen LogP contribution in [-0.4, -0.2) is 21.3 Å². The van der Waals surface area contributed by atoms with E-state index in [1.54, 1.807) is 0 Å². The van der Waals surface area contributed by atoms with Crippen molar-refractivity contribution in [1.82, 2.24) is 14.8 Å². The van der Waals surface area contributed by atoms with Gasteiger partial charge in [0.1, 0.15) is 0 Å². The van der Waals surface area contributed by atoms with Crippen LogP contribution in [0.1, 0.15) is 11.1 Å². The van der Waals surface area contributed by atoms with Crippen LogP contribution in [0.25, 0.3) is 0 Å². The summed E-state index contributed by atoms with van der Waals surface area (Å²) >= 11 is 1.22. The molecule has 0 amide bonds. The Balaban J connectivity index is 1.93. The molecule has 0 aliphatic carbocycles. The third-order valence-electron chi connectivity index (χ3n) is 2.11. The van der Waals surface area contributed by atoms with E-state index in [4.69, 9.17) is 5.26 Å². The van der Waals surface area contributed by atoms with Crippen LogP contribution in [0.4, 0.5) is 5.13 Å². The van der Waals surface area contributed by atoms with E-state index >= 15 is 0 Å². The number of benzene rings is 1. The Morgan fingerprint density at radius 2 is 2.25 bits per heavy atom. The summed E-state index contributed by atoms with van der Waals surface area (Å²) < 4.78 is 3.65. The van der Waals surface area contributed by atoms with Gasteiger partial charge < -0.3 is 5.32 Å². The fourth-order valence-electron chi connectivity index (χ4n) is 1.35. The van der Waals surface area contributed by atoms with Gasteiger partial charge in [0.05, 0.1) is 11.6 Å². The summed E-state index contributed by atoms with van der Waals surface area (Å²) in [6.45, 7) is 0.718. The van der Waals surface area contributed by atoms with Gasteiger partial charge in [0, 0.05) is 18.1 Å². The lowest BCUT2D eigenvalue weighted by Crippen LogP contribution is -2.05. The highest BCUT2D eigenvalue weighted by molar-refractivity contribution is 7.09. The molecule has 0 aliphatic rings. The monoisotopic (exact) mass is 231 g/mol. The number of nitrogens with one attached hydrogen (secondary N) is 1. The summed E-state index contributed by atoms with van der Waals surface area (Å²) in [5.41, 5.74) is 1.76. The van der Waals surface area contributed by atoms with Gasteiger partial charge in [-0.25, -0.2) is 0 Å². The van der Waals surface area contributed by atoms with Gasteiger partial charge in [0.2, 0.25) is 5.13 Å². The Labute approximate surface area is 96.9 Å². The molecule has 0 bridgehead atoms. The Kier molecular flexibility index (Phi) is 3.41. The standard InChI is InChI=1S/C10H9N5S/c11-7-9-4-2-1-3-8(9)5-6-12-10-13-14-15-16-10/h1-4H,5-6H2,(H,12,13,15). The molecule has 1 N–H and O–H groups in total. The highest BCUT2D eigenvalue weighted by Crippen LogP contribution is 2.09. The Morgan fingerprint density at radius 3 is 3.00 bits per heavy atom. The molecule has 0 fully saturated rings. The molecular weight excluding hydrogens is 222 g/mol. The molecule has 80 valence electrons. The second kappa shape index (κ2) is 5.19. The minimum Gasteiger partial charge on any atom is -0.359 e. The molecule has 0 saturated carbocycles. The van der Waals surface area contributed by atoms with Gasteiger partial charge in [0.15, 0.2) is 0 Å². The molecule has 0 atom stereocenters. The largest absolute Gasteiger partial charge is 0.359 e. The molecule has 16 heavy (non-hydrogen) atoms. The summed E-state index contributed by atoms with van der Waals surface area (Å²) in [5, 5.41) is 20.0. The normalized spacial score (nSPS) is 9.69. The van der Waals surface area contributed by atoms with Crippen molar-refractivity contribution in [3.05, 3.63) is 35.4 Å². The predicted octanol–water partition coefficient (Wildman–Crippen LogP) is 1.46. The molecule has 2 aromatic rings. The van der Waals surface area contributed by atoms with Crippen molar-refractivity contribution < 1.29 is 0 Å². The van der Waals surface area contributed by atoms with E-state index < -0.39 is 0 Å². The van der Waals surface area contributed by atoms with Crippen LogP contribution in [0, 0.1) is 11.3 Å². The SMILES string of the molecule is N#Cc1ccccc1CCNc1nnns1. The minimum absolute atomic E-state index is 0.703. The van der Waals surface area contributed by atoms with Gasteiger partial charge in [-0.05, 0) is 23.3 Å². The van der Waals surface area contributed by atoms with E-state index in [1.165, 1.54) is 11.5 Å². The number of hydrogen-bond acceptors (Lipinski definition) is 6. The van der Waals surface area contributed by atoms with Crippen LogP contribution in [0.2, 0.25) is 0 Å². The molecule has 1 aromatic heterocycles. The molecule has 2 rings (SSSR count). The summed E-state index contributed by atoms with van der Waals surface area (Å²) in [4.78, 5) is 0. The van der Waals surface area contributed by atoms with Crippen molar-refractivity contribution in [3.63, 3.8) is 0 Å². The Bertz CT molecular complexity index is 488. The average Bonchev–Trinajstić information content (AvgIpc) is 2.83. The molecule has 0 unspecified atom stereocenters. The number of anilines is 1. The maximum absolute atomic E-state index is 8.90. The Hall–Kier alpha value is -2.00. The number of rotatable bonds is 4. The molecule has 0 radical (unpaired) electrons. The lowest BCUT2D eigenvalue weighted by atomic mass is 10.1. The zero-order valence-corrected chi connectivity index (χ0v) is 9.24. The first kappa shape index (κ1) is 10.5. The van der Waals surface area contributed by atoms with E-state index in [0.29, 0.717) is 5.13 Å². The molecule has 1 aromatic carbocycles. The average molecular weight is 231 g/mol. The van der Waals surface area contributed by atoms with E-state index in [2.05, 4.69) is 26.2 Å². The maximum atomic E-state index is 8.90. The first-order valence-corrected chi connectivity index (χ1v) is 5.54. The van der Waals surface area contributed by atoms with Crippen molar-refractivity contribution >= 4 is 16.7 Å². The van der Waals surface area contributed by atoms with Gasteiger partial charge in [-0.15, -0.1) is 0 Å². The number of nitriles is 1. The van der Waals surface area contributed by atoms with Gasteiger partial charge in [0.25, 0.3) is 0 Å². The minimum atomic E-state index is 0.703. The fraction of sp³-hybridized carbons (Fsp3) is 0.200. The summed E-state index contributed by atoms with van der Waals surface area (Å²) in [6.07, 6.45) is 0.781. The molecule has 6 heteroatoms. The molecule has 5 nitrogen and oxygen atoms in total. The van der Waals surface area contributed by atoms with Crippen LogP contribution < -0.4 is 5.32 Å². The quantitative estimate of drug-likeness (QED) is 0.862. The molecule has 0 aliphatic heterocycles. The van der Waals surface area contributed by atoms with Gasteiger partial charge in [-0.2, -0.15) is 5.26 Å². The van der Waals surface area contributed by atoms with Crippen LogP contribution in [0.15, 0.2) is 24.3 Å². The van der Waals surface area contributed by atoms with Gasteiger partial charge >= 0.3 is 0 Å². The third-order valence-corrected chi connectivity index (χ3v) is 2.66. The van der Waals surface area contributed by atoms with Crippen LogP contribution in [0.3, 0.4) is 0 Å². The van der Waals surface area contributed by atoms with Crippen molar-refractivity contribution in [2.75, 3.05) is 11.9 Å². The highest BCUT2D eigenvalue weighted by atomic mass is 32.1. The first-order chi connectivity index (χ1) is 7.90. The van der Waals surface area contributed by atoms with Crippen molar-refractivity contribution in [2.24, 2.45) is 0 Å². The van der Waals surface area contributed by atoms with Crippen LogP contribution >= 0.6 is 11.5 Å². The second-order valence-electron chi connectivity index (χ2n) is 3.11. The lowest BCUT2D eigenvalue weighted by Gasteiger charge is -2.03. The third kappa shape index (κ3) is 2.52. The highest BCUT2D eigenvalue weighted by Gasteiger charge is 2.01. The van der Waals surface area contributed by atoms with Crippen molar-refractivity contribution in [1.29, 1.82) is 5.26 Å². The number of hydrogen-bond donors (Lipinski definition) is 1. The lowest BCUT2D eigenvalue weighted by molar-refractivity contribution is 0.940. The zero-order chi connectivity index (χ0) is 11.2. The van der Waals surface area contributed by atoms with E-state index in [-0.39, 0.29) is 0 Å². The second-order valence-corrected chi connectivity index (χ2v) is 3.85. The topological polar surface area (TPSA) is 74.5 Å². The van der Waals surface area contributed by atoms with E-state index in [9.17, 15) is 0 Å². The number of nitrogens with zero attached hydrogens (tertiary/aromatic N) is 4. The van der Waals surface area contributed by atoms with Gasteiger partial charge in [-0.1, -0.05) is 27.8 Å². The van der Waals surface area contributed by atoms with E-state index in [1.807, 2.05) is 24.3 Å². The van der Waals surface area contributed by atoms with Crippen LogP contribution in [0.5, 0.6) is 0 Å². The molecule has 0 spiro atoms. The molecule has 0 saturated heterocycles. The smallest absolute Gasteiger partial charge is 0.225 e. The molecule has 1 heterocycles. The first-order valence-electron chi connectivity index (χ1n) is 4.77. The zero-order valence-electron chi connectivity index (χ0n) is 8.42. The predicted molar refractivity (Wildman–Crippen MR) is 61.1 cm³/mol. The Morgan fingerprint density at radius 1 is 1.38 bits per heavy atom. The fourth-order valence-corrected chi connectivity index (χ4v) is 1.74. The van der Waals surface area contributed by atoms with E-state index in [0.717, 1.165) is 24.1 Å². The van der Waals surface area contributed by atoms with Crippen LogP contribution in [-0.2, 0) is 6.42 Å². The summed E-state index contributed by atoms with van der Waals surface area (Å²) in [7, 11) is 0. The number of aromatic nitrogens is 3. The van der Waals surface area contributed by atoms with Crippen molar-refractivity contribution in [3.8, 4) is 6.07 Å². The summed E-state index contributed by atoms with van der Waals surface area (Å²) in [6, 6.07) is 9.75.